The average molecular weight is 313 g/mol. The molecule has 2 aromatic carbocycles. The predicted octanol–water partition coefficient (Wildman–Crippen LogP) is 4.37. The summed E-state index contributed by atoms with van der Waals surface area (Å²) in [7, 11) is 0. The fraction of sp³-hybridized carbons (Fsp3) is 0.222. The number of hydrogen-bond acceptors (Lipinski definition) is 2. The van der Waals surface area contributed by atoms with Gasteiger partial charge in [0.15, 0.2) is 0 Å². The summed E-state index contributed by atoms with van der Waals surface area (Å²) in [5, 5.41) is 1.54. The monoisotopic (exact) mass is 312 g/mol. The van der Waals surface area contributed by atoms with Gasteiger partial charge >= 0.3 is 5.69 Å². The van der Waals surface area contributed by atoms with Crippen molar-refractivity contribution in [3.8, 4) is 11.3 Å². The maximum absolute atomic E-state index is 12.5. The van der Waals surface area contributed by atoms with E-state index in [0.29, 0.717) is 23.2 Å². The van der Waals surface area contributed by atoms with Crippen LogP contribution in [0.4, 0.5) is 0 Å². The molecule has 1 aromatic heterocycles. The van der Waals surface area contributed by atoms with Crippen molar-refractivity contribution < 1.29 is 0 Å². The Labute approximate surface area is 134 Å². The standard InChI is InChI=1S/C18H17ClN2O/c1-12(2)11-21-16-9-8-14(19)10-15(16)17(20-18(21)22)13-6-4-3-5-7-13/h3-10,12H,11H2,1-2H3. The number of aromatic nitrogens is 2. The highest BCUT2D eigenvalue weighted by Gasteiger charge is 2.13. The van der Waals surface area contributed by atoms with E-state index in [2.05, 4.69) is 18.8 Å². The Balaban J connectivity index is 2.35. The summed E-state index contributed by atoms with van der Waals surface area (Å²) in [5.74, 6) is 0.362. The van der Waals surface area contributed by atoms with Crippen LogP contribution in [0.15, 0.2) is 53.3 Å². The summed E-state index contributed by atoms with van der Waals surface area (Å²) in [6, 6.07) is 15.3. The van der Waals surface area contributed by atoms with Gasteiger partial charge in [0, 0.05) is 22.5 Å². The second kappa shape index (κ2) is 5.93. The molecule has 0 atom stereocenters. The van der Waals surface area contributed by atoms with Crippen LogP contribution in [0.1, 0.15) is 13.8 Å². The van der Waals surface area contributed by atoms with Crippen molar-refractivity contribution in [2.24, 2.45) is 5.92 Å². The van der Waals surface area contributed by atoms with Crippen LogP contribution in [-0.2, 0) is 6.54 Å². The Morgan fingerprint density at radius 1 is 1.14 bits per heavy atom. The van der Waals surface area contributed by atoms with Crippen molar-refractivity contribution in [2.75, 3.05) is 0 Å². The first-order valence-electron chi connectivity index (χ1n) is 7.32. The molecule has 0 saturated carbocycles. The lowest BCUT2D eigenvalue weighted by Gasteiger charge is -2.14. The van der Waals surface area contributed by atoms with Crippen LogP contribution >= 0.6 is 11.6 Å². The highest BCUT2D eigenvalue weighted by atomic mass is 35.5. The van der Waals surface area contributed by atoms with Crippen LogP contribution < -0.4 is 5.69 Å². The highest BCUT2D eigenvalue weighted by molar-refractivity contribution is 6.31. The van der Waals surface area contributed by atoms with E-state index >= 15 is 0 Å². The van der Waals surface area contributed by atoms with Crippen molar-refractivity contribution in [2.45, 2.75) is 20.4 Å². The average Bonchev–Trinajstić information content (AvgIpc) is 2.50. The van der Waals surface area contributed by atoms with Gasteiger partial charge in [-0.25, -0.2) is 4.79 Å². The van der Waals surface area contributed by atoms with Crippen LogP contribution in [-0.4, -0.2) is 9.55 Å². The van der Waals surface area contributed by atoms with Crippen LogP contribution in [0.25, 0.3) is 22.2 Å². The molecule has 1 heterocycles. The van der Waals surface area contributed by atoms with Gasteiger partial charge in [0.05, 0.1) is 11.2 Å². The lowest BCUT2D eigenvalue weighted by molar-refractivity contribution is 0.517. The topological polar surface area (TPSA) is 34.9 Å². The third-order valence-corrected chi connectivity index (χ3v) is 3.77. The molecular weight excluding hydrogens is 296 g/mol. The van der Waals surface area contributed by atoms with Crippen LogP contribution in [0.5, 0.6) is 0 Å². The lowest BCUT2D eigenvalue weighted by Crippen LogP contribution is -2.26. The summed E-state index contributed by atoms with van der Waals surface area (Å²) >= 11 is 6.16. The Kier molecular flexibility index (Phi) is 3.99. The minimum atomic E-state index is -0.220. The fourth-order valence-electron chi connectivity index (χ4n) is 2.61. The first-order valence-corrected chi connectivity index (χ1v) is 7.69. The lowest BCUT2D eigenvalue weighted by atomic mass is 10.1. The Bertz CT molecular complexity index is 869. The molecule has 3 aromatic rings. The molecule has 3 rings (SSSR count). The molecule has 0 bridgehead atoms. The smallest absolute Gasteiger partial charge is 0.292 e. The highest BCUT2D eigenvalue weighted by Crippen LogP contribution is 2.27. The molecule has 0 saturated heterocycles. The first-order chi connectivity index (χ1) is 10.6. The zero-order valence-electron chi connectivity index (χ0n) is 12.6. The van der Waals surface area contributed by atoms with Gasteiger partial charge in [0.1, 0.15) is 0 Å². The molecule has 0 amide bonds. The van der Waals surface area contributed by atoms with E-state index in [1.165, 1.54) is 0 Å². The summed E-state index contributed by atoms with van der Waals surface area (Å²) in [6.45, 7) is 4.80. The van der Waals surface area contributed by atoms with Gasteiger partial charge in [-0.3, -0.25) is 4.57 Å². The quantitative estimate of drug-likeness (QED) is 0.719. The molecule has 0 unspecified atom stereocenters. The van der Waals surface area contributed by atoms with Gasteiger partial charge in [0.2, 0.25) is 0 Å². The molecule has 0 fully saturated rings. The van der Waals surface area contributed by atoms with Crippen molar-refractivity contribution in [3.63, 3.8) is 0 Å². The predicted molar refractivity (Wildman–Crippen MR) is 91.3 cm³/mol. The van der Waals surface area contributed by atoms with Gasteiger partial charge in [0.25, 0.3) is 0 Å². The zero-order chi connectivity index (χ0) is 15.7. The minimum Gasteiger partial charge on any atom is -0.292 e. The van der Waals surface area contributed by atoms with Gasteiger partial charge in [-0.15, -0.1) is 0 Å². The Morgan fingerprint density at radius 3 is 2.55 bits per heavy atom. The number of nitrogens with zero attached hydrogens (tertiary/aromatic N) is 2. The molecule has 0 spiro atoms. The summed E-state index contributed by atoms with van der Waals surface area (Å²) in [5.41, 5.74) is 2.26. The first kappa shape index (κ1) is 14.8. The zero-order valence-corrected chi connectivity index (χ0v) is 13.3. The van der Waals surface area contributed by atoms with Gasteiger partial charge < -0.3 is 0 Å². The molecule has 0 N–H and O–H groups in total. The third kappa shape index (κ3) is 2.77. The molecule has 3 nitrogen and oxygen atoms in total. The van der Waals surface area contributed by atoms with Crippen molar-refractivity contribution in [1.29, 1.82) is 0 Å². The SMILES string of the molecule is CC(C)Cn1c(=O)nc(-c2ccccc2)c2cc(Cl)ccc21. The normalized spacial score (nSPS) is 11.3. The summed E-state index contributed by atoms with van der Waals surface area (Å²) in [4.78, 5) is 16.8. The van der Waals surface area contributed by atoms with Gasteiger partial charge in [-0.2, -0.15) is 4.98 Å². The van der Waals surface area contributed by atoms with Crippen LogP contribution in [0, 0.1) is 5.92 Å². The van der Waals surface area contributed by atoms with Gasteiger partial charge in [-0.1, -0.05) is 55.8 Å². The number of hydrogen-bond donors (Lipinski definition) is 0. The van der Waals surface area contributed by atoms with Gasteiger partial charge in [-0.05, 0) is 24.1 Å². The maximum atomic E-state index is 12.5. The molecule has 0 aliphatic rings. The van der Waals surface area contributed by atoms with E-state index in [1.54, 1.807) is 4.57 Å². The third-order valence-electron chi connectivity index (χ3n) is 3.54. The minimum absolute atomic E-state index is 0.220. The van der Waals surface area contributed by atoms with E-state index in [-0.39, 0.29) is 5.69 Å². The van der Waals surface area contributed by atoms with Crippen LogP contribution in [0.2, 0.25) is 5.02 Å². The second-order valence-corrected chi connectivity index (χ2v) is 6.21. The Morgan fingerprint density at radius 2 is 1.86 bits per heavy atom. The molecule has 22 heavy (non-hydrogen) atoms. The number of benzene rings is 2. The molecule has 112 valence electrons. The fourth-order valence-corrected chi connectivity index (χ4v) is 2.78. The Hall–Kier alpha value is -2.13. The molecular formula is C18H17ClN2O. The number of fused-ring (bicyclic) bond motifs is 1. The maximum Gasteiger partial charge on any atom is 0.348 e. The van der Waals surface area contributed by atoms with E-state index in [0.717, 1.165) is 16.5 Å². The van der Waals surface area contributed by atoms with Crippen molar-refractivity contribution in [3.05, 3.63) is 64.0 Å². The van der Waals surface area contributed by atoms with E-state index in [1.807, 2.05) is 48.5 Å². The molecule has 4 heteroatoms. The van der Waals surface area contributed by atoms with Crippen molar-refractivity contribution in [1.82, 2.24) is 9.55 Å². The van der Waals surface area contributed by atoms with E-state index in [9.17, 15) is 4.79 Å². The summed E-state index contributed by atoms with van der Waals surface area (Å²) in [6.07, 6.45) is 0. The number of halogens is 1. The van der Waals surface area contributed by atoms with E-state index in [4.69, 9.17) is 11.6 Å². The molecule has 0 radical (unpaired) electrons. The summed E-state index contributed by atoms with van der Waals surface area (Å²) < 4.78 is 1.72. The van der Waals surface area contributed by atoms with Crippen molar-refractivity contribution >= 4 is 22.5 Å². The number of rotatable bonds is 3. The molecule has 0 aliphatic heterocycles. The van der Waals surface area contributed by atoms with E-state index < -0.39 is 0 Å². The largest absolute Gasteiger partial charge is 0.348 e. The van der Waals surface area contributed by atoms with Crippen LogP contribution in [0.3, 0.4) is 0 Å². The molecule has 0 aliphatic carbocycles. The second-order valence-electron chi connectivity index (χ2n) is 5.77.